The molecule has 21 heavy (non-hydrogen) atoms. The normalized spacial score (nSPS) is 13.8. The molecule has 1 aromatic rings. The Morgan fingerprint density at radius 3 is 2.48 bits per heavy atom. The molecular formula is C12H19Cl2N3O3S. The Hall–Kier alpha value is -0.890. The van der Waals surface area contributed by atoms with Crippen LogP contribution in [-0.4, -0.2) is 38.7 Å². The zero-order chi connectivity index (χ0) is 13.9. The molecule has 1 aliphatic rings. The van der Waals surface area contributed by atoms with Crippen molar-refractivity contribution in [2.24, 2.45) is 5.92 Å². The maximum absolute atomic E-state index is 11.6. The maximum Gasteiger partial charge on any atom is 0.238 e. The Morgan fingerprint density at radius 2 is 2.00 bits per heavy atom. The van der Waals surface area contributed by atoms with Gasteiger partial charge in [-0.3, -0.25) is 4.79 Å². The van der Waals surface area contributed by atoms with Crippen molar-refractivity contribution in [3.8, 4) is 0 Å². The summed E-state index contributed by atoms with van der Waals surface area (Å²) in [5.41, 5.74) is 0.491. The lowest BCUT2D eigenvalue weighted by Crippen LogP contribution is -2.29. The van der Waals surface area contributed by atoms with E-state index in [-0.39, 0.29) is 42.3 Å². The van der Waals surface area contributed by atoms with Crippen LogP contribution in [0.1, 0.15) is 12.8 Å². The summed E-state index contributed by atoms with van der Waals surface area (Å²) in [6, 6.07) is 2.91. The van der Waals surface area contributed by atoms with Gasteiger partial charge in [0.1, 0.15) is 0 Å². The SMILES string of the molecule is CS(=O)(=O)c1ccc(NC(=O)CNCC2CC2)cn1.Cl.Cl. The lowest BCUT2D eigenvalue weighted by atomic mass is 10.4. The molecular weight excluding hydrogens is 337 g/mol. The van der Waals surface area contributed by atoms with Gasteiger partial charge in [0.05, 0.1) is 18.4 Å². The van der Waals surface area contributed by atoms with E-state index in [1.54, 1.807) is 0 Å². The van der Waals surface area contributed by atoms with Crippen LogP contribution >= 0.6 is 24.8 Å². The van der Waals surface area contributed by atoms with Crippen LogP contribution in [-0.2, 0) is 14.6 Å². The molecule has 0 atom stereocenters. The van der Waals surface area contributed by atoms with Gasteiger partial charge < -0.3 is 10.6 Å². The first-order chi connectivity index (χ1) is 8.95. The topological polar surface area (TPSA) is 88.2 Å². The summed E-state index contributed by atoms with van der Waals surface area (Å²) in [7, 11) is -3.30. The van der Waals surface area contributed by atoms with Crippen LogP contribution in [0.2, 0.25) is 0 Å². The average Bonchev–Trinajstić information content (AvgIpc) is 3.12. The highest BCUT2D eigenvalue weighted by Crippen LogP contribution is 2.27. The van der Waals surface area contributed by atoms with Crippen LogP contribution < -0.4 is 10.6 Å². The Balaban J connectivity index is 0.00000200. The van der Waals surface area contributed by atoms with Gasteiger partial charge in [0.25, 0.3) is 0 Å². The number of anilines is 1. The zero-order valence-electron chi connectivity index (χ0n) is 11.5. The minimum absolute atomic E-state index is 0. The van der Waals surface area contributed by atoms with E-state index in [2.05, 4.69) is 15.6 Å². The molecule has 2 rings (SSSR count). The first kappa shape index (κ1) is 20.1. The standard InChI is InChI=1S/C12H17N3O3S.2ClH/c1-19(17,18)12-5-4-10(7-14-12)15-11(16)8-13-6-9-2-3-9;;/h4-5,7,9,13H,2-3,6,8H2,1H3,(H,15,16);2*1H. The summed E-state index contributed by atoms with van der Waals surface area (Å²) >= 11 is 0. The van der Waals surface area contributed by atoms with Gasteiger partial charge in [0.2, 0.25) is 5.91 Å². The van der Waals surface area contributed by atoms with Crippen LogP contribution in [0.4, 0.5) is 5.69 Å². The minimum atomic E-state index is -3.30. The van der Waals surface area contributed by atoms with Crippen LogP contribution in [0.15, 0.2) is 23.4 Å². The average molecular weight is 356 g/mol. The third kappa shape index (κ3) is 7.08. The molecule has 2 N–H and O–H groups in total. The third-order valence-corrected chi connectivity index (χ3v) is 3.82. The van der Waals surface area contributed by atoms with Crippen molar-refractivity contribution in [2.45, 2.75) is 17.9 Å². The van der Waals surface area contributed by atoms with E-state index < -0.39 is 9.84 Å². The Labute approximate surface area is 136 Å². The second-order valence-electron chi connectivity index (χ2n) is 4.78. The van der Waals surface area contributed by atoms with Crippen LogP contribution in [0.25, 0.3) is 0 Å². The van der Waals surface area contributed by atoms with E-state index in [9.17, 15) is 13.2 Å². The number of carbonyl (C=O) groups excluding carboxylic acids is 1. The lowest BCUT2D eigenvalue weighted by molar-refractivity contribution is -0.115. The number of amides is 1. The predicted octanol–water partition coefficient (Wildman–Crippen LogP) is 1.27. The summed E-state index contributed by atoms with van der Waals surface area (Å²) in [5, 5.41) is 5.73. The van der Waals surface area contributed by atoms with Gasteiger partial charge in [0.15, 0.2) is 14.9 Å². The lowest BCUT2D eigenvalue weighted by Gasteiger charge is -2.06. The van der Waals surface area contributed by atoms with Gasteiger partial charge >= 0.3 is 0 Å². The smallest absolute Gasteiger partial charge is 0.238 e. The molecule has 0 unspecified atom stereocenters. The van der Waals surface area contributed by atoms with E-state index in [0.29, 0.717) is 5.69 Å². The van der Waals surface area contributed by atoms with Gasteiger partial charge in [-0.25, -0.2) is 13.4 Å². The number of nitrogens with zero attached hydrogens (tertiary/aromatic N) is 1. The van der Waals surface area contributed by atoms with Gasteiger partial charge in [-0.15, -0.1) is 24.8 Å². The molecule has 1 saturated carbocycles. The number of carbonyl (C=O) groups is 1. The number of pyridine rings is 1. The fourth-order valence-electron chi connectivity index (χ4n) is 1.59. The number of sulfone groups is 1. The number of hydrogen-bond donors (Lipinski definition) is 2. The molecule has 0 saturated heterocycles. The maximum atomic E-state index is 11.6. The number of hydrogen-bond acceptors (Lipinski definition) is 5. The molecule has 0 aliphatic heterocycles. The second kappa shape index (κ2) is 8.53. The van der Waals surface area contributed by atoms with Crippen molar-refractivity contribution in [1.29, 1.82) is 0 Å². The highest BCUT2D eigenvalue weighted by atomic mass is 35.5. The van der Waals surface area contributed by atoms with Gasteiger partial charge in [-0.1, -0.05) is 0 Å². The Bertz CT molecular complexity index is 560. The summed E-state index contributed by atoms with van der Waals surface area (Å²) < 4.78 is 22.4. The van der Waals surface area contributed by atoms with E-state index in [0.717, 1.165) is 18.7 Å². The van der Waals surface area contributed by atoms with Crippen LogP contribution in [0, 0.1) is 5.92 Å². The fourth-order valence-corrected chi connectivity index (χ4v) is 2.15. The quantitative estimate of drug-likeness (QED) is 0.801. The minimum Gasteiger partial charge on any atom is -0.324 e. The highest BCUT2D eigenvalue weighted by molar-refractivity contribution is 7.90. The zero-order valence-corrected chi connectivity index (χ0v) is 14.0. The van der Waals surface area contributed by atoms with Crippen molar-refractivity contribution in [2.75, 3.05) is 24.7 Å². The predicted molar refractivity (Wildman–Crippen MR) is 86.1 cm³/mol. The van der Waals surface area contributed by atoms with Crippen molar-refractivity contribution in [3.05, 3.63) is 18.3 Å². The third-order valence-electron chi connectivity index (χ3n) is 2.82. The molecule has 0 aromatic carbocycles. The summed E-state index contributed by atoms with van der Waals surface area (Å²) in [6.45, 7) is 1.13. The van der Waals surface area contributed by atoms with Gasteiger partial charge in [-0.05, 0) is 37.4 Å². The summed E-state index contributed by atoms with van der Waals surface area (Å²) in [4.78, 5) is 15.4. The Morgan fingerprint density at radius 1 is 1.33 bits per heavy atom. The molecule has 0 bridgehead atoms. The van der Waals surface area contributed by atoms with Crippen LogP contribution in [0.5, 0.6) is 0 Å². The number of aromatic nitrogens is 1. The molecule has 1 fully saturated rings. The van der Waals surface area contributed by atoms with Crippen molar-refractivity contribution in [3.63, 3.8) is 0 Å². The molecule has 0 spiro atoms. The van der Waals surface area contributed by atoms with Crippen LogP contribution in [0.3, 0.4) is 0 Å². The van der Waals surface area contributed by atoms with E-state index in [4.69, 9.17) is 0 Å². The second-order valence-corrected chi connectivity index (χ2v) is 6.74. The van der Waals surface area contributed by atoms with E-state index >= 15 is 0 Å². The molecule has 1 aliphatic carbocycles. The summed E-state index contributed by atoms with van der Waals surface area (Å²) in [6.07, 6.45) is 4.92. The first-order valence-corrected chi connectivity index (χ1v) is 8.01. The Kier molecular flexibility index (Phi) is 8.17. The van der Waals surface area contributed by atoms with Gasteiger partial charge in [-0.2, -0.15) is 0 Å². The largest absolute Gasteiger partial charge is 0.324 e. The molecule has 9 heteroatoms. The van der Waals surface area contributed by atoms with Crippen molar-refractivity contribution < 1.29 is 13.2 Å². The number of nitrogens with one attached hydrogen (secondary N) is 2. The van der Waals surface area contributed by atoms with E-state index in [1.165, 1.54) is 31.2 Å². The fraction of sp³-hybridized carbons (Fsp3) is 0.500. The number of rotatable bonds is 6. The molecule has 1 heterocycles. The van der Waals surface area contributed by atoms with Crippen molar-refractivity contribution >= 4 is 46.2 Å². The van der Waals surface area contributed by atoms with E-state index in [1.807, 2.05) is 0 Å². The molecule has 6 nitrogen and oxygen atoms in total. The van der Waals surface area contributed by atoms with Gasteiger partial charge in [0, 0.05) is 6.26 Å². The monoisotopic (exact) mass is 355 g/mol. The summed E-state index contributed by atoms with van der Waals surface area (Å²) in [5.74, 6) is 0.568. The van der Waals surface area contributed by atoms with Crippen molar-refractivity contribution in [1.82, 2.24) is 10.3 Å². The molecule has 1 aromatic heterocycles. The first-order valence-electron chi connectivity index (χ1n) is 6.12. The molecule has 0 radical (unpaired) electrons. The molecule has 1 amide bonds. The number of halogens is 2. The molecule has 120 valence electrons. The highest BCUT2D eigenvalue weighted by Gasteiger charge is 2.20.